The first-order valence-corrected chi connectivity index (χ1v) is 5.75. The smallest absolute Gasteiger partial charge is 0.0682 e. The maximum atomic E-state index is 8.98. The van der Waals surface area contributed by atoms with Gasteiger partial charge in [-0.3, -0.25) is 4.68 Å². The van der Waals surface area contributed by atoms with Gasteiger partial charge in [0.05, 0.1) is 18.3 Å². The van der Waals surface area contributed by atoms with Crippen LogP contribution in [0.1, 0.15) is 18.5 Å². The molecule has 2 aromatic rings. The molecule has 1 aromatic heterocycles. The van der Waals surface area contributed by atoms with Crippen molar-refractivity contribution >= 4 is 12.4 Å². The van der Waals surface area contributed by atoms with E-state index >= 15 is 0 Å². The Morgan fingerprint density at radius 1 is 1.28 bits per heavy atom. The molecule has 0 spiro atoms. The van der Waals surface area contributed by atoms with Crippen LogP contribution in [-0.4, -0.2) is 21.5 Å². The third kappa shape index (κ3) is 2.90. The van der Waals surface area contributed by atoms with Gasteiger partial charge in [0.2, 0.25) is 0 Å². The highest BCUT2D eigenvalue weighted by atomic mass is 35.5. The summed E-state index contributed by atoms with van der Waals surface area (Å²) in [5, 5.41) is 13.2. The summed E-state index contributed by atoms with van der Waals surface area (Å²) in [4.78, 5) is 0. The summed E-state index contributed by atoms with van der Waals surface area (Å²) >= 11 is 0. The van der Waals surface area contributed by atoms with Crippen molar-refractivity contribution in [2.24, 2.45) is 5.73 Å². The Bertz CT molecular complexity index is 481. The minimum Gasteiger partial charge on any atom is -0.394 e. The van der Waals surface area contributed by atoms with Crippen LogP contribution in [0.2, 0.25) is 0 Å². The number of aromatic nitrogens is 2. The zero-order valence-electron chi connectivity index (χ0n) is 10.3. The van der Waals surface area contributed by atoms with Crippen molar-refractivity contribution in [3.63, 3.8) is 0 Å². The van der Waals surface area contributed by atoms with E-state index in [0.717, 1.165) is 23.4 Å². The fraction of sp³-hybridized carbons (Fsp3) is 0.308. The fourth-order valence-electron chi connectivity index (χ4n) is 1.84. The predicted molar refractivity (Wildman–Crippen MR) is 74.6 cm³/mol. The van der Waals surface area contributed by atoms with Crippen LogP contribution in [-0.2, 0) is 6.54 Å². The highest BCUT2D eigenvalue weighted by Gasteiger charge is 2.06. The zero-order valence-corrected chi connectivity index (χ0v) is 11.1. The summed E-state index contributed by atoms with van der Waals surface area (Å²) < 4.78 is 1.95. The van der Waals surface area contributed by atoms with Gasteiger partial charge in [0.1, 0.15) is 0 Å². The van der Waals surface area contributed by atoms with Crippen LogP contribution in [0.4, 0.5) is 0 Å². The van der Waals surface area contributed by atoms with E-state index in [1.165, 1.54) is 0 Å². The van der Waals surface area contributed by atoms with Crippen molar-refractivity contribution in [3.05, 3.63) is 42.1 Å². The fourth-order valence-corrected chi connectivity index (χ4v) is 1.84. The molecule has 98 valence electrons. The van der Waals surface area contributed by atoms with E-state index in [9.17, 15) is 0 Å². The van der Waals surface area contributed by atoms with Crippen LogP contribution in [0.25, 0.3) is 11.3 Å². The maximum Gasteiger partial charge on any atom is 0.0682 e. The lowest BCUT2D eigenvalue weighted by Gasteiger charge is -2.10. The number of aliphatic hydroxyl groups is 1. The summed E-state index contributed by atoms with van der Waals surface area (Å²) in [6.45, 7) is 2.87. The molecular weight excluding hydrogens is 250 g/mol. The quantitative estimate of drug-likeness (QED) is 0.890. The van der Waals surface area contributed by atoms with E-state index in [4.69, 9.17) is 10.8 Å². The minimum atomic E-state index is -0.305. The lowest BCUT2D eigenvalue weighted by Crippen LogP contribution is -2.14. The van der Waals surface area contributed by atoms with Crippen molar-refractivity contribution in [2.45, 2.75) is 19.5 Å². The molecule has 3 N–H and O–H groups in total. The van der Waals surface area contributed by atoms with Gasteiger partial charge in [-0.05, 0) is 24.1 Å². The van der Waals surface area contributed by atoms with Crippen LogP contribution in [0.15, 0.2) is 36.5 Å². The van der Waals surface area contributed by atoms with E-state index in [1.54, 1.807) is 6.20 Å². The standard InChI is InChI=1S/C13H17N3O.ClH/c1-2-16-13(7-8-15-16)11-5-3-10(4-6-11)12(14)9-17;/h3-8,12,17H,2,9,14H2,1H3;1H/t12-;/m0./s1. The third-order valence-corrected chi connectivity index (χ3v) is 2.85. The Morgan fingerprint density at radius 3 is 2.50 bits per heavy atom. The number of nitrogens with two attached hydrogens (primary N) is 1. The van der Waals surface area contributed by atoms with E-state index in [1.807, 2.05) is 35.0 Å². The van der Waals surface area contributed by atoms with Crippen LogP contribution in [0, 0.1) is 0 Å². The molecule has 0 aliphatic heterocycles. The average molecular weight is 268 g/mol. The first-order valence-electron chi connectivity index (χ1n) is 5.75. The largest absolute Gasteiger partial charge is 0.394 e. The summed E-state index contributed by atoms with van der Waals surface area (Å²) in [5.74, 6) is 0. The van der Waals surface area contributed by atoms with Crippen LogP contribution < -0.4 is 5.73 Å². The van der Waals surface area contributed by atoms with E-state index in [2.05, 4.69) is 12.0 Å². The molecule has 1 heterocycles. The molecule has 0 unspecified atom stereocenters. The highest BCUT2D eigenvalue weighted by Crippen LogP contribution is 2.21. The maximum absolute atomic E-state index is 8.98. The SMILES string of the molecule is CCn1nccc1-c1ccc([C@@H](N)CO)cc1.Cl. The van der Waals surface area contributed by atoms with Gasteiger partial charge in [0, 0.05) is 12.7 Å². The number of nitrogens with zero attached hydrogens (tertiary/aromatic N) is 2. The molecule has 0 saturated carbocycles. The molecule has 5 heteroatoms. The monoisotopic (exact) mass is 267 g/mol. The van der Waals surface area contributed by atoms with Gasteiger partial charge >= 0.3 is 0 Å². The normalized spacial score (nSPS) is 11.9. The number of hydrogen-bond acceptors (Lipinski definition) is 3. The number of aliphatic hydroxyl groups excluding tert-OH is 1. The van der Waals surface area contributed by atoms with Gasteiger partial charge < -0.3 is 10.8 Å². The van der Waals surface area contributed by atoms with Crippen LogP contribution >= 0.6 is 12.4 Å². The summed E-state index contributed by atoms with van der Waals surface area (Å²) in [7, 11) is 0. The average Bonchev–Trinajstić information content (AvgIpc) is 2.86. The van der Waals surface area contributed by atoms with Gasteiger partial charge in [0.25, 0.3) is 0 Å². The van der Waals surface area contributed by atoms with Crippen molar-refractivity contribution in [1.82, 2.24) is 9.78 Å². The number of halogens is 1. The van der Waals surface area contributed by atoms with Gasteiger partial charge in [-0.15, -0.1) is 12.4 Å². The first kappa shape index (κ1) is 14.7. The summed E-state index contributed by atoms with van der Waals surface area (Å²) in [5.41, 5.74) is 8.90. The van der Waals surface area contributed by atoms with E-state index < -0.39 is 0 Å². The van der Waals surface area contributed by atoms with Crippen LogP contribution in [0.5, 0.6) is 0 Å². The Kier molecular flexibility index (Phi) is 5.34. The van der Waals surface area contributed by atoms with Gasteiger partial charge in [-0.1, -0.05) is 24.3 Å². The van der Waals surface area contributed by atoms with Gasteiger partial charge in [-0.2, -0.15) is 5.10 Å². The molecule has 0 fully saturated rings. The Balaban J connectivity index is 0.00000162. The molecule has 0 amide bonds. The van der Waals surface area contributed by atoms with Gasteiger partial charge in [-0.25, -0.2) is 0 Å². The molecular formula is C13H18ClN3O. The second kappa shape index (κ2) is 6.54. The molecule has 1 aromatic carbocycles. The third-order valence-electron chi connectivity index (χ3n) is 2.85. The minimum absolute atomic E-state index is 0. The lowest BCUT2D eigenvalue weighted by molar-refractivity contribution is 0.268. The Morgan fingerprint density at radius 2 is 1.94 bits per heavy atom. The first-order chi connectivity index (χ1) is 8.26. The molecule has 0 radical (unpaired) electrons. The topological polar surface area (TPSA) is 64.1 Å². The Labute approximate surface area is 113 Å². The molecule has 18 heavy (non-hydrogen) atoms. The van der Waals surface area contributed by atoms with Crippen molar-refractivity contribution in [3.8, 4) is 11.3 Å². The van der Waals surface area contributed by atoms with Gasteiger partial charge in [0.15, 0.2) is 0 Å². The number of benzene rings is 1. The molecule has 0 saturated heterocycles. The molecule has 1 atom stereocenters. The Hall–Kier alpha value is -1.36. The number of aryl methyl sites for hydroxylation is 1. The van der Waals surface area contributed by atoms with Crippen molar-refractivity contribution < 1.29 is 5.11 Å². The second-order valence-corrected chi connectivity index (χ2v) is 3.94. The lowest BCUT2D eigenvalue weighted by atomic mass is 10.0. The summed E-state index contributed by atoms with van der Waals surface area (Å²) in [6, 6.07) is 9.60. The van der Waals surface area contributed by atoms with Crippen molar-refractivity contribution in [2.75, 3.05) is 6.61 Å². The molecule has 4 nitrogen and oxygen atoms in total. The number of rotatable bonds is 4. The second-order valence-electron chi connectivity index (χ2n) is 3.94. The van der Waals surface area contributed by atoms with Crippen LogP contribution in [0.3, 0.4) is 0 Å². The van der Waals surface area contributed by atoms with E-state index in [-0.39, 0.29) is 25.1 Å². The predicted octanol–water partition coefficient (Wildman–Crippen LogP) is 1.98. The van der Waals surface area contributed by atoms with Crippen molar-refractivity contribution in [1.29, 1.82) is 0 Å². The summed E-state index contributed by atoms with van der Waals surface area (Å²) in [6.07, 6.45) is 1.80. The zero-order chi connectivity index (χ0) is 12.3. The molecule has 0 bridgehead atoms. The van der Waals surface area contributed by atoms with E-state index in [0.29, 0.717) is 0 Å². The highest BCUT2D eigenvalue weighted by molar-refractivity contribution is 5.85. The molecule has 2 rings (SSSR count). The molecule has 0 aliphatic carbocycles. The number of hydrogen-bond donors (Lipinski definition) is 2. The molecule has 0 aliphatic rings.